The van der Waals surface area contributed by atoms with Crippen molar-refractivity contribution in [2.75, 3.05) is 24.6 Å². The second kappa shape index (κ2) is 12.6. The first kappa shape index (κ1) is 32.0. The van der Waals surface area contributed by atoms with Gasteiger partial charge in [0, 0.05) is 38.0 Å². The zero-order chi connectivity index (χ0) is 32.7. The molecule has 3 aromatic heterocycles. The summed E-state index contributed by atoms with van der Waals surface area (Å²) in [7, 11) is 0. The number of nitrogens with zero attached hydrogens (tertiary/aromatic N) is 6. The number of aryl methyl sites for hydroxylation is 1. The standard InChI is InChI=1S/C31H33ClF2N6O5/c1-15(2)24-26(18(6-5-11-41)9-10-35-24)40-29-19(12-20(32)25(36-29)23-21(33)7-8-22(34)27(23)42)28(37-30(40)43)38-13-17(4)39(31(44)45)14-16(38)3/h7-10,12,15-17,41-42H,5-6,11,13-14H2,1-4H3,(H,44,45)/t16-,17+/m0/s1. The van der Waals surface area contributed by atoms with Crippen LogP contribution in [0, 0.1) is 11.6 Å². The molecule has 1 aromatic carbocycles. The topological polar surface area (TPSA) is 145 Å². The van der Waals surface area contributed by atoms with Gasteiger partial charge in [-0.1, -0.05) is 25.4 Å². The first-order chi connectivity index (χ1) is 21.3. The molecule has 14 heteroatoms. The van der Waals surface area contributed by atoms with Gasteiger partial charge in [0.05, 0.1) is 33.0 Å². The Morgan fingerprint density at radius 1 is 1.11 bits per heavy atom. The van der Waals surface area contributed by atoms with E-state index < -0.39 is 46.8 Å². The van der Waals surface area contributed by atoms with Crippen LogP contribution in [-0.4, -0.2) is 77.6 Å². The Morgan fingerprint density at radius 3 is 2.49 bits per heavy atom. The third kappa shape index (κ3) is 5.77. The summed E-state index contributed by atoms with van der Waals surface area (Å²) >= 11 is 6.67. The molecule has 2 atom stereocenters. The maximum absolute atomic E-state index is 15.1. The van der Waals surface area contributed by atoms with E-state index in [1.807, 2.05) is 13.8 Å². The number of amides is 1. The van der Waals surface area contributed by atoms with Gasteiger partial charge in [-0.05, 0) is 62.4 Å². The normalized spacial score (nSPS) is 17.0. The summed E-state index contributed by atoms with van der Waals surface area (Å²) in [6.45, 7) is 7.58. The number of hydrogen-bond donors (Lipinski definition) is 3. The maximum atomic E-state index is 15.1. The Bertz CT molecular complexity index is 1850. The summed E-state index contributed by atoms with van der Waals surface area (Å²) in [5, 5.41) is 29.9. The van der Waals surface area contributed by atoms with Crippen LogP contribution in [0.25, 0.3) is 28.0 Å². The highest BCUT2D eigenvalue weighted by Gasteiger charge is 2.35. The lowest BCUT2D eigenvalue weighted by Crippen LogP contribution is -2.58. The second-order valence-electron chi connectivity index (χ2n) is 11.5. The van der Waals surface area contributed by atoms with Crippen molar-refractivity contribution in [3.8, 4) is 22.7 Å². The van der Waals surface area contributed by atoms with Crippen LogP contribution in [0.4, 0.5) is 19.4 Å². The number of aromatic hydroxyl groups is 1. The number of hydrogen-bond acceptors (Lipinski definition) is 8. The highest BCUT2D eigenvalue weighted by Crippen LogP contribution is 2.40. The minimum atomic E-state index is -1.09. The van der Waals surface area contributed by atoms with Crippen LogP contribution < -0.4 is 10.6 Å². The number of phenolic OH excluding ortho intramolecular Hbond substituents is 1. The summed E-state index contributed by atoms with van der Waals surface area (Å²) in [5.74, 6) is -3.04. The van der Waals surface area contributed by atoms with Gasteiger partial charge in [0.2, 0.25) is 0 Å². The van der Waals surface area contributed by atoms with Gasteiger partial charge in [-0.15, -0.1) is 0 Å². The monoisotopic (exact) mass is 642 g/mol. The van der Waals surface area contributed by atoms with Gasteiger partial charge in [-0.2, -0.15) is 4.98 Å². The highest BCUT2D eigenvalue weighted by molar-refractivity contribution is 6.34. The molecular formula is C31H33ClF2N6O5. The molecule has 45 heavy (non-hydrogen) atoms. The molecule has 0 saturated carbocycles. The number of aromatic nitrogens is 4. The number of fused-ring (bicyclic) bond motifs is 1. The van der Waals surface area contributed by atoms with E-state index in [1.165, 1.54) is 15.5 Å². The number of benzene rings is 1. The van der Waals surface area contributed by atoms with Crippen LogP contribution >= 0.6 is 11.6 Å². The molecule has 4 heterocycles. The van der Waals surface area contributed by atoms with Crippen LogP contribution in [0.15, 0.2) is 35.3 Å². The molecule has 5 rings (SSSR count). The molecule has 11 nitrogen and oxygen atoms in total. The molecule has 1 amide bonds. The van der Waals surface area contributed by atoms with Crippen LogP contribution in [0.1, 0.15) is 51.3 Å². The molecule has 1 aliphatic rings. The predicted octanol–water partition coefficient (Wildman–Crippen LogP) is 5.11. The van der Waals surface area contributed by atoms with E-state index >= 15 is 4.39 Å². The summed E-state index contributed by atoms with van der Waals surface area (Å²) in [6.07, 6.45) is 1.32. The zero-order valence-corrected chi connectivity index (χ0v) is 25.9. The SMILES string of the molecule is CC(C)c1nccc(CCCO)c1-n1c(=O)nc(N2C[C@@H](C)N(C(=O)O)C[C@@H]2C)c2cc(Cl)c(-c3c(F)ccc(F)c3O)nc21. The Morgan fingerprint density at radius 2 is 1.82 bits per heavy atom. The molecule has 4 aromatic rings. The van der Waals surface area contributed by atoms with Crippen LogP contribution in [0.5, 0.6) is 5.75 Å². The summed E-state index contributed by atoms with van der Waals surface area (Å²) in [5.41, 5.74) is -0.0257. The van der Waals surface area contributed by atoms with Gasteiger partial charge in [0.15, 0.2) is 17.2 Å². The van der Waals surface area contributed by atoms with E-state index in [2.05, 4.69) is 15.0 Å². The fourth-order valence-corrected chi connectivity index (χ4v) is 6.07. The fourth-order valence-electron chi connectivity index (χ4n) is 5.82. The Labute approximate surface area is 262 Å². The minimum Gasteiger partial charge on any atom is -0.504 e. The quantitative estimate of drug-likeness (QED) is 0.251. The number of phenols is 1. The number of anilines is 1. The van der Waals surface area contributed by atoms with Crippen LogP contribution in [0.3, 0.4) is 0 Å². The molecular weight excluding hydrogens is 610 g/mol. The van der Waals surface area contributed by atoms with Gasteiger partial charge in [0.1, 0.15) is 11.6 Å². The third-order valence-electron chi connectivity index (χ3n) is 8.03. The Hall–Kier alpha value is -4.36. The van der Waals surface area contributed by atoms with Crippen molar-refractivity contribution in [2.24, 2.45) is 0 Å². The van der Waals surface area contributed by atoms with Gasteiger partial charge in [-0.25, -0.2) is 27.9 Å². The van der Waals surface area contributed by atoms with E-state index in [9.17, 15) is 29.3 Å². The van der Waals surface area contributed by atoms with Gasteiger partial charge >= 0.3 is 11.8 Å². The second-order valence-corrected chi connectivity index (χ2v) is 11.9. The van der Waals surface area contributed by atoms with E-state index in [0.717, 1.165) is 12.1 Å². The molecule has 1 fully saturated rings. The summed E-state index contributed by atoms with van der Waals surface area (Å²) in [4.78, 5) is 42.7. The molecule has 0 bridgehead atoms. The molecule has 3 N–H and O–H groups in total. The molecule has 1 aliphatic heterocycles. The third-order valence-corrected chi connectivity index (χ3v) is 8.32. The summed E-state index contributed by atoms with van der Waals surface area (Å²) in [6, 6.07) is 3.92. The lowest BCUT2D eigenvalue weighted by molar-refractivity contribution is 0.114. The molecule has 0 aliphatic carbocycles. The van der Waals surface area contributed by atoms with Crippen molar-refractivity contribution < 1.29 is 28.9 Å². The fraction of sp³-hybridized carbons (Fsp3) is 0.387. The number of aliphatic hydroxyl groups excluding tert-OH is 1. The van der Waals surface area contributed by atoms with Crippen LogP contribution in [0.2, 0.25) is 5.02 Å². The lowest BCUT2D eigenvalue weighted by Gasteiger charge is -2.43. The number of aliphatic hydroxyl groups is 1. The van der Waals surface area contributed by atoms with E-state index in [4.69, 9.17) is 11.6 Å². The number of piperazine rings is 1. The van der Waals surface area contributed by atoms with Crippen molar-refractivity contribution in [1.29, 1.82) is 0 Å². The zero-order valence-electron chi connectivity index (χ0n) is 25.1. The van der Waals surface area contributed by atoms with Crippen molar-refractivity contribution in [3.63, 3.8) is 0 Å². The Balaban J connectivity index is 1.89. The average molecular weight is 643 g/mol. The van der Waals surface area contributed by atoms with Crippen LogP contribution in [-0.2, 0) is 6.42 Å². The highest BCUT2D eigenvalue weighted by atomic mass is 35.5. The minimum absolute atomic E-state index is 0.00636. The summed E-state index contributed by atoms with van der Waals surface area (Å²) < 4.78 is 30.8. The first-order valence-electron chi connectivity index (χ1n) is 14.5. The molecule has 238 valence electrons. The Kier molecular flexibility index (Phi) is 8.95. The predicted molar refractivity (Wildman–Crippen MR) is 165 cm³/mol. The maximum Gasteiger partial charge on any atom is 0.407 e. The van der Waals surface area contributed by atoms with Crippen molar-refractivity contribution >= 4 is 34.5 Å². The first-order valence-corrected chi connectivity index (χ1v) is 14.9. The van der Waals surface area contributed by atoms with Gasteiger partial charge in [-0.3, -0.25) is 4.98 Å². The number of carboxylic acid groups (broad SMARTS) is 1. The average Bonchev–Trinajstić information content (AvgIpc) is 2.99. The molecule has 0 unspecified atom stereocenters. The smallest absolute Gasteiger partial charge is 0.407 e. The van der Waals surface area contributed by atoms with Crippen molar-refractivity contribution in [3.05, 3.63) is 68.9 Å². The number of pyridine rings is 2. The largest absolute Gasteiger partial charge is 0.504 e. The van der Waals surface area contributed by atoms with E-state index in [0.29, 0.717) is 29.8 Å². The van der Waals surface area contributed by atoms with E-state index in [1.54, 1.807) is 31.0 Å². The number of carbonyl (C=O) groups is 1. The number of halogens is 3. The van der Waals surface area contributed by atoms with Crippen molar-refractivity contribution in [2.45, 2.75) is 58.5 Å². The van der Waals surface area contributed by atoms with Gasteiger partial charge < -0.3 is 25.1 Å². The van der Waals surface area contributed by atoms with Gasteiger partial charge in [0.25, 0.3) is 0 Å². The molecule has 1 saturated heterocycles. The molecule has 0 spiro atoms. The van der Waals surface area contributed by atoms with E-state index in [-0.39, 0.29) is 53.2 Å². The molecule has 0 radical (unpaired) electrons. The number of rotatable bonds is 7. The lowest BCUT2D eigenvalue weighted by atomic mass is 10.0. The van der Waals surface area contributed by atoms with Crippen molar-refractivity contribution in [1.82, 2.24) is 24.4 Å².